The van der Waals surface area contributed by atoms with Crippen LogP contribution in [0.2, 0.25) is 5.02 Å². The number of carbonyl (C=O) groups is 2. The molecule has 25 heavy (non-hydrogen) atoms. The van der Waals surface area contributed by atoms with E-state index in [-0.39, 0.29) is 24.7 Å². The lowest BCUT2D eigenvalue weighted by atomic mass is 10.2. The van der Waals surface area contributed by atoms with Crippen molar-refractivity contribution in [2.45, 2.75) is 19.8 Å². The Morgan fingerprint density at radius 2 is 1.88 bits per heavy atom. The number of hydrogen-bond acceptors (Lipinski definition) is 3. The number of benzene rings is 2. The van der Waals surface area contributed by atoms with Gasteiger partial charge in [0.15, 0.2) is 0 Å². The molecular weight excluding hydrogens is 406 g/mol. The second kappa shape index (κ2) is 9.34. The summed E-state index contributed by atoms with van der Waals surface area (Å²) in [6.07, 6.45) is 1.64. The molecule has 0 aromatic heterocycles. The highest BCUT2D eigenvalue weighted by atomic mass is 79.9. The van der Waals surface area contributed by atoms with E-state index in [4.69, 9.17) is 11.6 Å². The Balaban J connectivity index is 1.77. The van der Waals surface area contributed by atoms with Crippen LogP contribution in [0.15, 0.2) is 52.0 Å². The quantitative estimate of drug-likeness (QED) is 0.539. The predicted octanol–water partition coefficient (Wildman–Crippen LogP) is 4.28. The molecule has 2 aromatic rings. The summed E-state index contributed by atoms with van der Waals surface area (Å²) in [5.74, 6) is -0.583. The van der Waals surface area contributed by atoms with Crippen LogP contribution in [-0.2, 0) is 9.59 Å². The highest BCUT2D eigenvalue weighted by Gasteiger charge is 2.09. The van der Waals surface area contributed by atoms with Crippen molar-refractivity contribution in [2.75, 3.05) is 5.32 Å². The van der Waals surface area contributed by atoms with Crippen LogP contribution in [0.1, 0.15) is 24.0 Å². The molecule has 0 saturated carbocycles. The van der Waals surface area contributed by atoms with E-state index in [0.29, 0.717) is 10.7 Å². The summed E-state index contributed by atoms with van der Waals surface area (Å²) in [6.45, 7) is 1.82. The number of anilines is 1. The van der Waals surface area contributed by atoms with Crippen LogP contribution in [0, 0.1) is 6.92 Å². The topological polar surface area (TPSA) is 70.6 Å². The normalized spacial score (nSPS) is 10.7. The van der Waals surface area contributed by atoms with Crippen LogP contribution in [0.25, 0.3) is 0 Å². The molecule has 0 aliphatic rings. The Hall–Kier alpha value is -2.18. The van der Waals surface area contributed by atoms with Gasteiger partial charge in [-0.25, -0.2) is 5.43 Å². The van der Waals surface area contributed by atoms with Crippen molar-refractivity contribution in [1.29, 1.82) is 0 Å². The van der Waals surface area contributed by atoms with Crippen molar-refractivity contribution in [2.24, 2.45) is 5.10 Å². The van der Waals surface area contributed by atoms with Crippen molar-refractivity contribution < 1.29 is 9.59 Å². The third kappa shape index (κ3) is 6.32. The molecule has 5 nitrogen and oxygen atoms in total. The molecule has 2 N–H and O–H groups in total. The number of nitrogens with one attached hydrogen (secondary N) is 2. The highest BCUT2D eigenvalue weighted by Crippen LogP contribution is 2.23. The Bertz CT molecular complexity index is 809. The molecule has 2 amide bonds. The largest absolute Gasteiger partial charge is 0.326 e. The smallest absolute Gasteiger partial charge is 0.240 e. The maximum absolute atomic E-state index is 11.9. The van der Waals surface area contributed by atoms with Gasteiger partial charge in [-0.15, -0.1) is 0 Å². The van der Waals surface area contributed by atoms with E-state index in [9.17, 15) is 9.59 Å². The van der Waals surface area contributed by atoms with Gasteiger partial charge in [0.25, 0.3) is 0 Å². The summed E-state index contributed by atoms with van der Waals surface area (Å²) in [5, 5.41) is 7.20. The SMILES string of the molecule is Cc1c(Cl)cccc1NC(=O)CCC(=O)N/N=C\c1cccc(Br)c1. The zero-order valence-electron chi connectivity index (χ0n) is 13.6. The minimum Gasteiger partial charge on any atom is -0.326 e. The zero-order valence-corrected chi connectivity index (χ0v) is 15.9. The standard InChI is InChI=1S/C18H17BrClN3O2/c1-12-15(20)6-3-7-16(12)22-17(24)8-9-18(25)23-21-11-13-4-2-5-14(19)10-13/h2-7,10-11H,8-9H2,1H3,(H,22,24)(H,23,25)/b21-11-. The van der Waals surface area contributed by atoms with Crippen LogP contribution in [0.5, 0.6) is 0 Å². The summed E-state index contributed by atoms with van der Waals surface area (Å²) < 4.78 is 0.927. The molecule has 2 aromatic carbocycles. The summed E-state index contributed by atoms with van der Waals surface area (Å²) in [7, 11) is 0. The Kier molecular flexibility index (Phi) is 7.16. The van der Waals surface area contributed by atoms with E-state index in [1.54, 1.807) is 18.2 Å². The van der Waals surface area contributed by atoms with Crippen molar-refractivity contribution in [3.8, 4) is 0 Å². The molecule has 0 heterocycles. The lowest BCUT2D eigenvalue weighted by Gasteiger charge is -2.09. The molecule has 0 atom stereocenters. The minimum atomic E-state index is -0.329. The molecule has 0 saturated heterocycles. The van der Waals surface area contributed by atoms with Gasteiger partial charge < -0.3 is 5.32 Å². The first-order valence-corrected chi connectivity index (χ1v) is 8.75. The lowest BCUT2D eigenvalue weighted by Crippen LogP contribution is -2.20. The molecule has 0 aliphatic heterocycles. The van der Waals surface area contributed by atoms with Gasteiger partial charge in [0, 0.05) is 28.0 Å². The Labute approximate surface area is 159 Å². The molecule has 0 aliphatic carbocycles. The van der Waals surface area contributed by atoms with E-state index in [1.165, 1.54) is 6.21 Å². The van der Waals surface area contributed by atoms with Crippen molar-refractivity contribution >= 4 is 51.2 Å². The number of halogens is 2. The van der Waals surface area contributed by atoms with Crippen LogP contribution in [0.3, 0.4) is 0 Å². The monoisotopic (exact) mass is 421 g/mol. The summed E-state index contributed by atoms with van der Waals surface area (Å²) in [6, 6.07) is 12.8. The first-order chi connectivity index (χ1) is 12.0. The molecular formula is C18H17BrClN3O2. The first-order valence-electron chi connectivity index (χ1n) is 7.58. The number of carbonyl (C=O) groups excluding carboxylic acids is 2. The molecule has 0 bridgehead atoms. The van der Waals surface area contributed by atoms with Crippen LogP contribution in [0.4, 0.5) is 5.69 Å². The molecule has 0 fully saturated rings. The van der Waals surface area contributed by atoms with Crippen LogP contribution < -0.4 is 10.7 Å². The van der Waals surface area contributed by atoms with Gasteiger partial charge >= 0.3 is 0 Å². The summed E-state index contributed by atoms with van der Waals surface area (Å²) in [5.41, 5.74) is 4.69. The fraction of sp³-hybridized carbons (Fsp3) is 0.167. The van der Waals surface area contributed by atoms with E-state index in [1.807, 2.05) is 31.2 Å². The van der Waals surface area contributed by atoms with E-state index in [0.717, 1.165) is 15.6 Å². The van der Waals surface area contributed by atoms with Gasteiger partial charge in [-0.3, -0.25) is 9.59 Å². The van der Waals surface area contributed by atoms with E-state index < -0.39 is 0 Å². The molecule has 0 spiro atoms. The van der Waals surface area contributed by atoms with Gasteiger partial charge in [0.05, 0.1) is 6.21 Å². The van der Waals surface area contributed by atoms with Crippen molar-refractivity contribution in [1.82, 2.24) is 5.43 Å². The lowest BCUT2D eigenvalue weighted by molar-refractivity contribution is -0.124. The van der Waals surface area contributed by atoms with Crippen LogP contribution >= 0.6 is 27.5 Å². The first kappa shape index (κ1) is 19.1. The van der Waals surface area contributed by atoms with Gasteiger partial charge in [0.1, 0.15) is 0 Å². The Morgan fingerprint density at radius 3 is 2.64 bits per heavy atom. The van der Waals surface area contributed by atoms with E-state index >= 15 is 0 Å². The average molecular weight is 423 g/mol. The number of hydrogen-bond donors (Lipinski definition) is 2. The second-order valence-corrected chi connectivity index (χ2v) is 6.63. The number of nitrogens with zero attached hydrogens (tertiary/aromatic N) is 1. The average Bonchev–Trinajstić information content (AvgIpc) is 2.57. The third-order valence-corrected chi connectivity index (χ3v) is 4.28. The van der Waals surface area contributed by atoms with E-state index in [2.05, 4.69) is 31.8 Å². The van der Waals surface area contributed by atoms with Crippen molar-refractivity contribution in [3.05, 3.63) is 63.1 Å². The highest BCUT2D eigenvalue weighted by molar-refractivity contribution is 9.10. The van der Waals surface area contributed by atoms with Gasteiger partial charge in [0.2, 0.25) is 11.8 Å². The minimum absolute atomic E-state index is 0.0429. The molecule has 130 valence electrons. The molecule has 2 rings (SSSR count). The second-order valence-electron chi connectivity index (χ2n) is 5.31. The number of rotatable bonds is 6. The van der Waals surface area contributed by atoms with Gasteiger partial charge in [-0.1, -0.05) is 45.7 Å². The predicted molar refractivity (Wildman–Crippen MR) is 104 cm³/mol. The summed E-state index contributed by atoms with van der Waals surface area (Å²) >= 11 is 9.37. The van der Waals surface area contributed by atoms with Gasteiger partial charge in [-0.05, 0) is 42.3 Å². The third-order valence-electron chi connectivity index (χ3n) is 3.37. The molecule has 0 unspecified atom stereocenters. The van der Waals surface area contributed by atoms with Crippen molar-refractivity contribution in [3.63, 3.8) is 0 Å². The molecule has 0 radical (unpaired) electrons. The fourth-order valence-corrected chi connectivity index (χ4v) is 2.60. The maximum atomic E-state index is 11.9. The number of amides is 2. The Morgan fingerprint density at radius 1 is 1.16 bits per heavy atom. The van der Waals surface area contributed by atoms with Gasteiger partial charge in [-0.2, -0.15) is 5.10 Å². The maximum Gasteiger partial charge on any atom is 0.240 e. The number of hydrazone groups is 1. The zero-order chi connectivity index (χ0) is 18.2. The van der Waals surface area contributed by atoms with Crippen LogP contribution in [-0.4, -0.2) is 18.0 Å². The molecule has 7 heteroatoms. The fourth-order valence-electron chi connectivity index (χ4n) is 2.00. The summed E-state index contributed by atoms with van der Waals surface area (Å²) in [4.78, 5) is 23.7.